The van der Waals surface area contributed by atoms with E-state index in [0.717, 1.165) is 29.8 Å². The van der Waals surface area contributed by atoms with E-state index in [4.69, 9.17) is 4.99 Å². The molecule has 0 amide bonds. The van der Waals surface area contributed by atoms with Gasteiger partial charge in [-0.3, -0.25) is 4.99 Å². The van der Waals surface area contributed by atoms with E-state index in [2.05, 4.69) is 131 Å². The second-order valence-electron chi connectivity index (χ2n) is 10.7. The van der Waals surface area contributed by atoms with Gasteiger partial charge in [0.05, 0.1) is 5.71 Å². The molecule has 3 atom stereocenters. The number of benzene rings is 3. The number of aliphatic imine (C=N–C) groups is 1. The van der Waals surface area contributed by atoms with Gasteiger partial charge in [0.1, 0.15) is 0 Å². The normalized spacial score (nSPS) is 21.8. The monoisotopic (exact) mass is 483 g/mol. The van der Waals surface area contributed by atoms with E-state index < -0.39 is 0 Å². The third-order valence-corrected chi connectivity index (χ3v) is 8.31. The molecule has 0 saturated carbocycles. The van der Waals surface area contributed by atoms with Crippen molar-refractivity contribution in [1.29, 1.82) is 0 Å². The fourth-order valence-corrected chi connectivity index (χ4v) is 5.65. The zero-order valence-electron chi connectivity index (χ0n) is 22.5. The van der Waals surface area contributed by atoms with Crippen molar-refractivity contribution in [2.75, 3.05) is 6.54 Å². The Kier molecular flexibility index (Phi) is 7.24. The molecule has 0 N–H and O–H groups in total. The summed E-state index contributed by atoms with van der Waals surface area (Å²) < 4.78 is 0. The van der Waals surface area contributed by atoms with Gasteiger partial charge in [-0.05, 0) is 77.2 Å². The first-order valence-corrected chi connectivity index (χ1v) is 13.5. The number of hydrogen-bond acceptors (Lipinski definition) is 1. The largest absolute Gasteiger partial charge is 0.284 e. The summed E-state index contributed by atoms with van der Waals surface area (Å²) in [5, 5.41) is 0. The van der Waals surface area contributed by atoms with Crippen LogP contribution in [0.2, 0.25) is 0 Å². The topological polar surface area (TPSA) is 12.4 Å². The summed E-state index contributed by atoms with van der Waals surface area (Å²) in [6.45, 7) is 14.5. The third kappa shape index (κ3) is 5.23. The molecule has 0 radical (unpaired) electrons. The summed E-state index contributed by atoms with van der Waals surface area (Å²) in [5.41, 5.74) is 12.9. The molecule has 0 spiro atoms. The molecule has 186 valence electrons. The molecular formula is C36H37N. The maximum absolute atomic E-state index is 5.08. The summed E-state index contributed by atoms with van der Waals surface area (Å²) in [6.07, 6.45) is 7.76. The van der Waals surface area contributed by atoms with E-state index >= 15 is 0 Å². The molecule has 1 aliphatic carbocycles. The van der Waals surface area contributed by atoms with Crippen molar-refractivity contribution >= 4 is 16.9 Å². The lowest BCUT2D eigenvalue weighted by molar-refractivity contribution is 0.552. The van der Waals surface area contributed by atoms with Crippen molar-refractivity contribution in [2.45, 2.75) is 40.0 Å². The van der Waals surface area contributed by atoms with E-state index in [1.807, 2.05) is 0 Å². The zero-order valence-corrected chi connectivity index (χ0v) is 22.5. The number of aryl methyl sites for hydroxylation is 1. The summed E-state index contributed by atoms with van der Waals surface area (Å²) >= 11 is 0. The van der Waals surface area contributed by atoms with Crippen LogP contribution in [0.3, 0.4) is 0 Å². The number of allylic oxidation sites excluding steroid dienone is 6. The highest BCUT2D eigenvalue weighted by Crippen LogP contribution is 2.43. The van der Waals surface area contributed by atoms with Crippen LogP contribution in [0.4, 0.5) is 0 Å². The first-order chi connectivity index (χ1) is 17.9. The second-order valence-corrected chi connectivity index (χ2v) is 10.7. The van der Waals surface area contributed by atoms with Gasteiger partial charge in [-0.2, -0.15) is 0 Å². The van der Waals surface area contributed by atoms with Gasteiger partial charge >= 0.3 is 0 Å². The Morgan fingerprint density at radius 1 is 0.865 bits per heavy atom. The Hall–Kier alpha value is -3.71. The Morgan fingerprint density at radius 3 is 2.24 bits per heavy atom. The minimum atomic E-state index is 0.252. The molecule has 5 rings (SSSR count). The van der Waals surface area contributed by atoms with Crippen molar-refractivity contribution in [3.63, 3.8) is 0 Å². The van der Waals surface area contributed by atoms with Crippen LogP contribution in [-0.4, -0.2) is 12.3 Å². The minimum Gasteiger partial charge on any atom is -0.284 e. The van der Waals surface area contributed by atoms with Gasteiger partial charge < -0.3 is 0 Å². The van der Waals surface area contributed by atoms with Crippen LogP contribution in [0.15, 0.2) is 120 Å². The van der Waals surface area contributed by atoms with Gasteiger partial charge in [-0.25, -0.2) is 0 Å². The second kappa shape index (κ2) is 10.7. The third-order valence-electron chi connectivity index (χ3n) is 8.31. The first-order valence-electron chi connectivity index (χ1n) is 13.5. The molecular weight excluding hydrogens is 446 g/mol. The molecule has 3 unspecified atom stereocenters. The average Bonchev–Trinajstić information content (AvgIpc) is 3.16. The van der Waals surface area contributed by atoms with Crippen molar-refractivity contribution < 1.29 is 0 Å². The molecule has 0 fully saturated rings. The zero-order chi connectivity index (χ0) is 25.9. The van der Waals surface area contributed by atoms with Crippen molar-refractivity contribution in [3.05, 3.63) is 143 Å². The summed E-state index contributed by atoms with van der Waals surface area (Å²) in [5.74, 6) is 1.30. The molecule has 3 aromatic carbocycles. The number of rotatable bonds is 5. The Labute approximate surface area is 222 Å². The van der Waals surface area contributed by atoms with Crippen LogP contribution in [0, 0.1) is 18.8 Å². The van der Waals surface area contributed by atoms with E-state index in [9.17, 15) is 0 Å². The van der Waals surface area contributed by atoms with Gasteiger partial charge in [0.15, 0.2) is 0 Å². The molecule has 1 aliphatic heterocycles. The van der Waals surface area contributed by atoms with E-state index in [0.29, 0.717) is 11.8 Å². The Morgan fingerprint density at radius 2 is 1.54 bits per heavy atom. The average molecular weight is 484 g/mol. The van der Waals surface area contributed by atoms with E-state index in [1.54, 1.807) is 0 Å². The predicted molar refractivity (Wildman–Crippen MR) is 160 cm³/mol. The Balaban J connectivity index is 1.46. The van der Waals surface area contributed by atoms with Crippen molar-refractivity contribution in [3.8, 4) is 0 Å². The van der Waals surface area contributed by atoms with Crippen LogP contribution < -0.4 is 0 Å². The molecule has 37 heavy (non-hydrogen) atoms. The molecule has 1 nitrogen and oxygen atoms in total. The van der Waals surface area contributed by atoms with Gasteiger partial charge in [0.25, 0.3) is 0 Å². The van der Waals surface area contributed by atoms with Gasteiger partial charge in [-0.15, -0.1) is 0 Å². The number of fused-ring (bicyclic) bond motifs is 1. The maximum atomic E-state index is 5.08. The van der Waals surface area contributed by atoms with Crippen LogP contribution in [0.1, 0.15) is 60.9 Å². The quantitative estimate of drug-likeness (QED) is 0.321. The highest BCUT2D eigenvalue weighted by molar-refractivity contribution is 6.12. The number of hydrogen-bond donors (Lipinski definition) is 0. The van der Waals surface area contributed by atoms with Crippen molar-refractivity contribution in [1.82, 2.24) is 0 Å². The lowest BCUT2D eigenvalue weighted by Crippen LogP contribution is -2.16. The van der Waals surface area contributed by atoms with E-state index in [-0.39, 0.29) is 5.92 Å². The summed E-state index contributed by atoms with van der Waals surface area (Å²) in [6, 6.07) is 28.1. The molecule has 1 heteroatoms. The summed E-state index contributed by atoms with van der Waals surface area (Å²) in [7, 11) is 0. The molecule has 0 saturated heterocycles. The lowest BCUT2D eigenvalue weighted by Gasteiger charge is -2.32. The molecule has 3 aromatic rings. The van der Waals surface area contributed by atoms with E-state index in [1.165, 1.54) is 39.0 Å². The molecule has 1 heterocycles. The van der Waals surface area contributed by atoms with Crippen LogP contribution in [0.25, 0.3) is 11.1 Å². The SMILES string of the molecule is C=C(/C=C\C1=C(C)C(C)C(C)c2cc(C)ccc21)C1CN=C(c2ccccc2)C=C(c2ccccc2)C1. The lowest BCUT2D eigenvalue weighted by atomic mass is 9.73. The fraction of sp³-hybridized carbons (Fsp3) is 0.250. The Bertz CT molecular complexity index is 1420. The standard InChI is InChI=1S/C36H37N/c1-24-16-18-34-33(27(4)26(3)28(5)35(34)20-24)19-17-25(2)32-21-31(29-12-8-6-9-13-29)22-36(37-23-32)30-14-10-7-11-15-30/h6-20,22,26,28,32H,2,21,23H2,1,3-5H3/b19-17-. The van der Waals surface area contributed by atoms with Gasteiger partial charge in [0.2, 0.25) is 0 Å². The molecule has 0 aromatic heterocycles. The minimum absolute atomic E-state index is 0.252. The predicted octanol–water partition coefficient (Wildman–Crippen LogP) is 9.23. The van der Waals surface area contributed by atoms with Gasteiger partial charge in [-0.1, -0.05) is 123 Å². The number of nitrogens with zero attached hydrogens (tertiary/aromatic N) is 1. The smallest absolute Gasteiger partial charge is 0.0649 e. The maximum Gasteiger partial charge on any atom is 0.0649 e. The molecule has 2 aliphatic rings. The van der Waals surface area contributed by atoms with Gasteiger partial charge in [0, 0.05) is 12.5 Å². The van der Waals surface area contributed by atoms with Crippen molar-refractivity contribution in [2.24, 2.45) is 16.8 Å². The highest BCUT2D eigenvalue weighted by Gasteiger charge is 2.27. The first kappa shape index (κ1) is 25.0. The van der Waals surface area contributed by atoms with Crippen LogP contribution in [-0.2, 0) is 0 Å². The molecule has 0 bridgehead atoms. The fourth-order valence-electron chi connectivity index (χ4n) is 5.65. The van der Waals surface area contributed by atoms with Crippen LogP contribution >= 0.6 is 0 Å². The van der Waals surface area contributed by atoms with Crippen LogP contribution in [0.5, 0.6) is 0 Å². The summed E-state index contributed by atoms with van der Waals surface area (Å²) in [4.78, 5) is 5.08. The highest BCUT2D eigenvalue weighted by atomic mass is 14.7.